The van der Waals surface area contributed by atoms with E-state index in [1.807, 2.05) is 0 Å². The molecule has 0 saturated carbocycles. The van der Waals surface area contributed by atoms with Crippen LogP contribution in [-0.4, -0.2) is 45.8 Å². The first kappa shape index (κ1) is 21.7. The van der Waals surface area contributed by atoms with E-state index in [0.717, 1.165) is 6.42 Å². The molecule has 0 bridgehead atoms. The first-order valence-electron chi connectivity index (χ1n) is 10.2. The van der Waals surface area contributed by atoms with Crippen LogP contribution >= 0.6 is 0 Å². The first-order chi connectivity index (χ1) is 15.4. The minimum Gasteiger partial charge on any atom is -0.496 e. The van der Waals surface area contributed by atoms with Crippen molar-refractivity contribution in [2.75, 3.05) is 27.9 Å². The van der Waals surface area contributed by atoms with Gasteiger partial charge in [0.15, 0.2) is 23.4 Å². The fraction of sp³-hybridized carbons (Fsp3) is 0.333. The van der Waals surface area contributed by atoms with E-state index >= 15 is 0 Å². The molecule has 8 heteroatoms. The van der Waals surface area contributed by atoms with E-state index < -0.39 is 12.1 Å². The number of Topliss-reactive ketones (excluding diaryl/α,β-unsaturated/α-hetero) is 1. The minimum atomic E-state index is -0.556. The zero-order valence-corrected chi connectivity index (χ0v) is 18.4. The summed E-state index contributed by atoms with van der Waals surface area (Å²) < 4.78 is 32.7. The third-order valence-corrected chi connectivity index (χ3v) is 5.38. The molecule has 0 N–H and O–H groups in total. The molecule has 2 heterocycles. The summed E-state index contributed by atoms with van der Waals surface area (Å²) in [6.45, 7) is 2.32. The maximum atomic E-state index is 13.0. The zero-order valence-electron chi connectivity index (χ0n) is 18.4. The number of carbonyl (C=O) groups is 2. The topological polar surface area (TPSA) is 89.5 Å². The lowest BCUT2D eigenvalue weighted by atomic mass is 10.0. The second kappa shape index (κ2) is 8.92. The quantitative estimate of drug-likeness (QED) is 0.381. The third-order valence-electron chi connectivity index (χ3n) is 5.38. The van der Waals surface area contributed by atoms with Crippen LogP contribution in [0, 0.1) is 6.92 Å². The number of hydrogen-bond acceptors (Lipinski definition) is 8. The Bertz CT molecular complexity index is 1100. The van der Waals surface area contributed by atoms with Crippen LogP contribution in [0.1, 0.15) is 34.3 Å². The summed E-state index contributed by atoms with van der Waals surface area (Å²) in [5.74, 6) is 1.52. The van der Waals surface area contributed by atoms with Gasteiger partial charge in [-0.2, -0.15) is 0 Å². The molecule has 1 saturated heterocycles. The van der Waals surface area contributed by atoms with Crippen molar-refractivity contribution in [1.82, 2.24) is 0 Å². The maximum Gasteiger partial charge on any atom is 0.340 e. The van der Waals surface area contributed by atoms with Crippen molar-refractivity contribution in [3.8, 4) is 28.7 Å². The minimum absolute atomic E-state index is 0.122. The van der Waals surface area contributed by atoms with E-state index in [1.54, 1.807) is 37.3 Å². The van der Waals surface area contributed by atoms with E-state index in [2.05, 4.69) is 0 Å². The van der Waals surface area contributed by atoms with Crippen molar-refractivity contribution in [2.24, 2.45) is 0 Å². The summed E-state index contributed by atoms with van der Waals surface area (Å²) in [5.41, 5.74) is 1.65. The molecular formula is C24H24O8. The predicted octanol–water partition coefficient (Wildman–Crippen LogP) is 3.72. The van der Waals surface area contributed by atoms with E-state index in [-0.39, 0.29) is 11.5 Å². The maximum absolute atomic E-state index is 13.0. The summed E-state index contributed by atoms with van der Waals surface area (Å²) in [5, 5.41) is 0. The van der Waals surface area contributed by atoms with Crippen LogP contribution in [0.3, 0.4) is 0 Å². The summed E-state index contributed by atoms with van der Waals surface area (Å²) >= 11 is 0. The summed E-state index contributed by atoms with van der Waals surface area (Å²) in [6.07, 6.45) is 2.49. The number of aryl methyl sites for hydroxylation is 1. The van der Waals surface area contributed by atoms with Crippen LogP contribution in [-0.2, 0) is 9.53 Å². The van der Waals surface area contributed by atoms with Gasteiger partial charge in [0.25, 0.3) is 0 Å². The van der Waals surface area contributed by atoms with Gasteiger partial charge in [0.2, 0.25) is 5.78 Å². The fourth-order valence-corrected chi connectivity index (χ4v) is 3.79. The van der Waals surface area contributed by atoms with Crippen LogP contribution in [0.25, 0.3) is 6.08 Å². The molecule has 32 heavy (non-hydrogen) atoms. The lowest BCUT2D eigenvalue weighted by Crippen LogP contribution is -2.24. The Morgan fingerprint density at radius 1 is 1.03 bits per heavy atom. The van der Waals surface area contributed by atoms with Crippen molar-refractivity contribution in [1.29, 1.82) is 0 Å². The standard InChI is InChI=1S/C24H24O8/c1-13-8-15(31-24(26)16-6-5-7-30-16)11-20-22(13)23(25)21(32-20)10-14-9-18(28-3)19(29-4)12-17(14)27-2/h8-12,16H,5-7H2,1-4H3/b21-10-. The van der Waals surface area contributed by atoms with Gasteiger partial charge in [-0.05, 0) is 43.5 Å². The molecule has 0 spiro atoms. The number of benzene rings is 2. The highest BCUT2D eigenvalue weighted by atomic mass is 16.6. The Labute approximate surface area is 185 Å². The number of fused-ring (bicyclic) bond motifs is 1. The van der Waals surface area contributed by atoms with Crippen molar-refractivity contribution in [3.05, 3.63) is 46.7 Å². The summed E-state index contributed by atoms with van der Waals surface area (Å²) in [7, 11) is 4.58. The first-order valence-corrected chi connectivity index (χ1v) is 10.2. The van der Waals surface area contributed by atoms with E-state index in [9.17, 15) is 9.59 Å². The van der Waals surface area contributed by atoms with Crippen LogP contribution in [0.5, 0.6) is 28.7 Å². The fourth-order valence-electron chi connectivity index (χ4n) is 3.79. The monoisotopic (exact) mass is 440 g/mol. The Morgan fingerprint density at radius 2 is 1.75 bits per heavy atom. The molecule has 2 aliphatic heterocycles. The van der Waals surface area contributed by atoms with Crippen LogP contribution < -0.4 is 23.7 Å². The number of rotatable bonds is 6. The number of ether oxygens (including phenoxy) is 6. The summed E-state index contributed by atoms with van der Waals surface area (Å²) in [4.78, 5) is 25.3. The number of ketones is 1. The number of carbonyl (C=O) groups excluding carboxylic acids is 2. The Hall–Kier alpha value is -3.52. The highest BCUT2D eigenvalue weighted by Crippen LogP contribution is 2.40. The number of methoxy groups -OCH3 is 3. The highest BCUT2D eigenvalue weighted by Gasteiger charge is 2.32. The van der Waals surface area contributed by atoms with Gasteiger partial charge in [-0.1, -0.05) is 0 Å². The lowest BCUT2D eigenvalue weighted by Gasteiger charge is -2.12. The van der Waals surface area contributed by atoms with Crippen molar-refractivity contribution in [2.45, 2.75) is 25.9 Å². The molecule has 0 amide bonds. The molecule has 2 aliphatic rings. The van der Waals surface area contributed by atoms with Gasteiger partial charge >= 0.3 is 5.97 Å². The second-order valence-corrected chi connectivity index (χ2v) is 7.42. The van der Waals surface area contributed by atoms with E-state index in [4.69, 9.17) is 28.4 Å². The van der Waals surface area contributed by atoms with Gasteiger partial charge in [0.1, 0.15) is 17.2 Å². The largest absolute Gasteiger partial charge is 0.496 e. The summed E-state index contributed by atoms with van der Waals surface area (Å²) in [6, 6.07) is 6.56. The van der Waals surface area contributed by atoms with Crippen molar-refractivity contribution >= 4 is 17.8 Å². The average Bonchev–Trinajstić information content (AvgIpc) is 3.42. The van der Waals surface area contributed by atoms with Crippen LogP contribution in [0.2, 0.25) is 0 Å². The molecule has 1 fully saturated rings. The van der Waals surface area contributed by atoms with Crippen LogP contribution in [0.15, 0.2) is 30.0 Å². The number of hydrogen-bond donors (Lipinski definition) is 0. The molecule has 0 aromatic heterocycles. The lowest BCUT2D eigenvalue weighted by molar-refractivity contribution is -0.144. The molecule has 0 aliphatic carbocycles. The number of esters is 1. The number of allylic oxidation sites excluding steroid dienone is 1. The van der Waals surface area contributed by atoms with E-state index in [0.29, 0.717) is 58.5 Å². The van der Waals surface area contributed by atoms with Gasteiger partial charge in [-0.3, -0.25) is 4.79 Å². The van der Waals surface area contributed by atoms with Crippen molar-refractivity contribution in [3.63, 3.8) is 0 Å². The molecule has 0 radical (unpaired) electrons. The van der Waals surface area contributed by atoms with Gasteiger partial charge in [-0.15, -0.1) is 0 Å². The normalized spacial score (nSPS) is 18.3. The van der Waals surface area contributed by atoms with Crippen LogP contribution in [0.4, 0.5) is 0 Å². The molecule has 1 atom stereocenters. The van der Waals surface area contributed by atoms with Crippen molar-refractivity contribution < 1.29 is 38.0 Å². The Kier molecular flexibility index (Phi) is 6.05. The molecule has 4 rings (SSSR count). The molecule has 168 valence electrons. The average molecular weight is 440 g/mol. The highest BCUT2D eigenvalue weighted by molar-refractivity contribution is 6.15. The van der Waals surface area contributed by atoms with Gasteiger partial charge in [0.05, 0.1) is 26.9 Å². The zero-order chi connectivity index (χ0) is 22.8. The molecule has 1 unspecified atom stereocenters. The van der Waals surface area contributed by atoms with E-state index in [1.165, 1.54) is 21.3 Å². The molecule has 2 aromatic carbocycles. The smallest absolute Gasteiger partial charge is 0.340 e. The Morgan fingerprint density at radius 3 is 2.41 bits per heavy atom. The second-order valence-electron chi connectivity index (χ2n) is 7.42. The molecular weight excluding hydrogens is 416 g/mol. The van der Waals surface area contributed by atoms with Gasteiger partial charge in [-0.25, -0.2) is 4.79 Å². The SMILES string of the molecule is COc1cc(OC)c(OC)cc1/C=C1\Oc2cc(OC(=O)C3CCCO3)cc(C)c2C1=O. The Balaban J connectivity index is 1.64. The molecule has 2 aromatic rings. The molecule has 8 nitrogen and oxygen atoms in total. The van der Waals surface area contributed by atoms with Gasteiger partial charge < -0.3 is 28.4 Å². The third kappa shape index (κ3) is 4.01. The predicted molar refractivity (Wildman–Crippen MR) is 115 cm³/mol. The van der Waals surface area contributed by atoms with Gasteiger partial charge in [0, 0.05) is 24.3 Å².